The van der Waals surface area contributed by atoms with E-state index in [0.29, 0.717) is 13.0 Å². The number of aromatic nitrogens is 3. The summed E-state index contributed by atoms with van der Waals surface area (Å²) in [5.74, 6) is 0. The first-order chi connectivity index (χ1) is 7.97. The third-order valence-electron chi connectivity index (χ3n) is 1.67. The van der Waals surface area contributed by atoms with Gasteiger partial charge in [0.15, 0.2) is 6.61 Å². The standard InChI is InChI=1S/C8H11F3N4O2/c9-8(10,11)6-17-7(16)12-2-1-4-15-5-3-13-14-15/h3,5H,1-2,4,6H2,(H,12,16). The van der Waals surface area contributed by atoms with Crippen molar-refractivity contribution in [2.24, 2.45) is 0 Å². The van der Waals surface area contributed by atoms with Crippen molar-refractivity contribution < 1.29 is 22.7 Å². The summed E-state index contributed by atoms with van der Waals surface area (Å²) in [7, 11) is 0. The number of hydrogen-bond acceptors (Lipinski definition) is 4. The van der Waals surface area contributed by atoms with Crippen LogP contribution in [0.1, 0.15) is 6.42 Å². The van der Waals surface area contributed by atoms with Crippen LogP contribution >= 0.6 is 0 Å². The van der Waals surface area contributed by atoms with Crippen molar-refractivity contribution in [2.45, 2.75) is 19.1 Å². The van der Waals surface area contributed by atoms with E-state index in [1.165, 1.54) is 6.20 Å². The summed E-state index contributed by atoms with van der Waals surface area (Å²) in [6, 6.07) is 0. The number of alkyl halides is 3. The van der Waals surface area contributed by atoms with Gasteiger partial charge in [-0.3, -0.25) is 4.68 Å². The Kier molecular flexibility index (Phi) is 4.73. The molecule has 0 radical (unpaired) electrons. The van der Waals surface area contributed by atoms with E-state index in [1.807, 2.05) is 0 Å². The number of ether oxygens (including phenoxy) is 1. The molecule has 0 aliphatic rings. The Morgan fingerprint density at radius 1 is 1.47 bits per heavy atom. The molecule has 17 heavy (non-hydrogen) atoms. The molecule has 0 fully saturated rings. The predicted octanol–water partition coefficient (Wildman–Crippen LogP) is 0.957. The highest BCUT2D eigenvalue weighted by atomic mass is 19.4. The van der Waals surface area contributed by atoms with Crippen molar-refractivity contribution in [3.63, 3.8) is 0 Å². The van der Waals surface area contributed by atoms with Crippen molar-refractivity contribution >= 4 is 6.09 Å². The molecule has 96 valence electrons. The number of nitrogens with zero attached hydrogens (tertiary/aromatic N) is 3. The van der Waals surface area contributed by atoms with E-state index in [4.69, 9.17) is 0 Å². The largest absolute Gasteiger partial charge is 0.440 e. The molecule has 1 aromatic rings. The molecule has 0 aliphatic heterocycles. The number of alkyl carbamates (subject to hydrolysis) is 1. The third-order valence-corrected chi connectivity index (χ3v) is 1.67. The fourth-order valence-electron chi connectivity index (χ4n) is 0.982. The maximum Gasteiger partial charge on any atom is 0.422 e. The van der Waals surface area contributed by atoms with E-state index in [-0.39, 0.29) is 6.54 Å². The van der Waals surface area contributed by atoms with E-state index >= 15 is 0 Å². The molecule has 1 heterocycles. The Morgan fingerprint density at radius 2 is 2.24 bits per heavy atom. The van der Waals surface area contributed by atoms with Crippen LogP contribution in [0.25, 0.3) is 0 Å². The van der Waals surface area contributed by atoms with Crippen molar-refractivity contribution in [1.29, 1.82) is 0 Å². The maximum absolute atomic E-state index is 11.7. The number of halogens is 3. The van der Waals surface area contributed by atoms with Gasteiger partial charge in [-0.1, -0.05) is 5.21 Å². The Balaban J connectivity index is 2.04. The van der Waals surface area contributed by atoms with Gasteiger partial charge in [0.25, 0.3) is 0 Å². The smallest absolute Gasteiger partial charge is 0.422 e. The third kappa shape index (κ3) is 6.38. The van der Waals surface area contributed by atoms with Crippen LogP contribution in [-0.4, -0.2) is 40.4 Å². The normalized spacial score (nSPS) is 11.2. The van der Waals surface area contributed by atoms with Crippen molar-refractivity contribution in [1.82, 2.24) is 20.3 Å². The molecule has 0 atom stereocenters. The molecule has 0 unspecified atom stereocenters. The van der Waals surface area contributed by atoms with E-state index in [9.17, 15) is 18.0 Å². The Hall–Kier alpha value is -1.80. The van der Waals surface area contributed by atoms with Crippen molar-refractivity contribution in [2.75, 3.05) is 13.2 Å². The van der Waals surface area contributed by atoms with Crippen LogP contribution in [0.2, 0.25) is 0 Å². The van der Waals surface area contributed by atoms with Gasteiger partial charge in [0.2, 0.25) is 0 Å². The highest BCUT2D eigenvalue weighted by Gasteiger charge is 2.29. The minimum absolute atomic E-state index is 0.205. The van der Waals surface area contributed by atoms with Gasteiger partial charge in [0, 0.05) is 19.3 Å². The fraction of sp³-hybridized carbons (Fsp3) is 0.625. The molecule has 1 rings (SSSR count). The second kappa shape index (κ2) is 6.06. The average Bonchev–Trinajstić information content (AvgIpc) is 2.73. The zero-order valence-corrected chi connectivity index (χ0v) is 8.78. The number of carbonyl (C=O) groups excluding carboxylic acids is 1. The van der Waals surface area contributed by atoms with Gasteiger partial charge in [-0.2, -0.15) is 13.2 Å². The highest BCUT2D eigenvalue weighted by molar-refractivity contribution is 5.67. The summed E-state index contributed by atoms with van der Waals surface area (Å²) in [6.07, 6.45) is -1.92. The van der Waals surface area contributed by atoms with Gasteiger partial charge in [-0.05, 0) is 6.42 Å². The van der Waals surface area contributed by atoms with E-state index in [1.54, 1.807) is 10.9 Å². The quantitative estimate of drug-likeness (QED) is 0.792. The zero-order valence-electron chi connectivity index (χ0n) is 8.78. The Bertz CT molecular complexity index is 339. The number of nitrogens with one attached hydrogen (secondary N) is 1. The average molecular weight is 252 g/mol. The number of rotatable bonds is 5. The van der Waals surface area contributed by atoms with E-state index in [2.05, 4.69) is 20.4 Å². The molecular formula is C8H11F3N4O2. The summed E-state index contributed by atoms with van der Waals surface area (Å²) in [6.45, 7) is -0.863. The summed E-state index contributed by atoms with van der Waals surface area (Å²) < 4.78 is 40.5. The van der Waals surface area contributed by atoms with E-state index in [0.717, 1.165) is 0 Å². The Morgan fingerprint density at radius 3 is 2.82 bits per heavy atom. The van der Waals surface area contributed by atoms with Gasteiger partial charge >= 0.3 is 12.3 Å². The van der Waals surface area contributed by atoms with Gasteiger partial charge in [0.1, 0.15) is 0 Å². The van der Waals surface area contributed by atoms with Crippen LogP contribution in [0.4, 0.5) is 18.0 Å². The topological polar surface area (TPSA) is 69.0 Å². The number of aryl methyl sites for hydroxylation is 1. The van der Waals surface area contributed by atoms with Crippen LogP contribution in [0.5, 0.6) is 0 Å². The van der Waals surface area contributed by atoms with Gasteiger partial charge in [-0.15, -0.1) is 5.10 Å². The summed E-state index contributed by atoms with van der Waals surface area (Å²) >= 11 is 0. The second-order valence-corrected chi connectivity index (χ2v) is 3.14. The number of hydrogen-bond donors (Lipinski definition) is 1. The maximum atomic E-state index is 11.7. The van der Waals surface area contributed by atoms with Crippen LogP contribution in [0, 0.1) is 0 Å². The first-order valence-electron chi connectivity index (χ1n) is 4.79. The lowest BCUT2D eigenvalue weighted by atomic mass is 10.4. The lowest BCUT2D eigenvalue weighted by Crippen LogP contribution is -2.30. The first-order valence-corrected chi connectivity index (χ1v) is 4.79. The predicted molar refractivity (Wildman–Crippen MR) is 50.0 cm³/mol. The summed E-state index contributed by atoms with van der Waals surface area (Å²) in [5.41, 5.74) is 0. The molecule has 0 saturated heterocycles. The molecule has 1 amide bonds. The number of carbonyl (C=O) groups is 1. The lowest BCUT2D eigenvalue weighted by Gasteiger charge is -2.08. The molecule has 6 nitrogen and oxygen atoms in total. The van der Waals surface area contributed by atoms with Crippen LogP contribution < -0.4 is 5.32 Å². The highest BCUT2D eigenvalue weighted by Crippen LogP contribution is 2.14. The van der Waals surface area contributed by atoms with Crippen molar-refractivity contribution in [3.05, 3.63) is 12.4 Å². The molecule has 9 heteroatoms. The lowest BCUT2D eigenvalue weighted by molar-refractivity contribution is -0.160. The monoisotopic (exact) mass is 252 g/mol. The number of amides is 1. The zero-order chi connectivity index (χ0) is 12.7. The van der Waals surface area contributed by atoms with Crippen molar-refractivity contribution in [3.8, 4) is 0 Å². The van der Waals surface area contributed by atoms with Gasteiger partial charge < -0.3 is 10.1 Å². The molecule has 0 saturated carbocycles. The summed E-state index contributed by atoms with van der Waals surface area (Å²) in [5, 5.41) is 9.44. The second-order valence-electron chi connectivity index (χ2n) is 3.14. The molecule has 1 aromatic heterocycles. The van der Waals surface area contributed by atoms with Gasteiger partial charge in [-0.25, -0.2) is 4.79 Å². The van der Waals surface area contributed by atoms with Gasteiger partial charge in [0.05, 0.1) is 6.20 Å². The molecular weight excluding hydrogens is 241 g/mol. The first kappa shape index (κ1) is 13.3. The summed E-state index contributed by atoms with van der Waals surface area (Å²) in [4.78, 5) is 10.8. The molecule has 1 N–H and O–H groups in total. The molecule has 0 spiro atoms. The van der Waals surface area contributed by atoms with Crippen LogP contribution in [0.15, 0.2) is 12.4 Å². The van der Waals surface area contributed by atoms with E-state index < -0.39 is 18.9 Å². The minimum atomic E-state index is -4.50. The van der Waals surface area contributed by atoms with Crippen LogP contribution in [0.3, 0.4) is 0 Å². The van der Waals surface area contributed by atoms with Crippen LogP contribution in [-0.2, 0) is 11.3 Å². The minimum Gasteiger partial charge on any atom is -0.440 e. The molecule has 0 aliphatic carbocycles. The molecule has 0 aromatic carbocycles. The Labute approximate surface area is 94.7 Å². The molecule has 0 bridgehead atoms. The fourth-order valence-corrected chi connectivity index (χ4v) is 0.982. The SMILES string of the molecule is O=C(NCCCn1ccnn1)OCC(F)(F)F.